The van der Waals surface area contributed by atoms with Gasteiger partial charge in [0.05, 0.1) is 6.61 Å². The van der Waals surface area contributed by atoms with Crippen molar-refractivity contribution in [1.82, 2.24) is 0 Å². The van der Waals surface area contributed by atoms with Gasteiger partial charge in [-0.1, -0.05) is 130 Å². The minimum absolute atomic E-state index is 0.0255. The number of ether oxygens (including phenoxy) is 1. The Hall–Kier alpha value is -6.09. The van der Waals surface area contributed by atoms with Crippen molar-refractivity contribution in [2.45, 2.75) is 39.0 Å². The van der Waals surface area contributed by atoms with Crippen molar-refractivity contribution in [3.8, 4) is 0 Å². The minimum atomic E-state index is -2.70. The summed E-state index contributed by atoms with van der Waals surface area (Å²) in [5.41, 5.74) is 10.6. The lowest BCUT2D eigenvalue weighted by Gasteiger charge is -2.43. The van der Waals surface area contributed by atoms with Crippen molar-refractivity contribution in [1.29, 1.82) is 0 Å². The van der Waals surface area contributed by atoms with Crippen LogP contribution in [0.2, 0.25) is 5.04 Å². The normalized spacial score (nSPS) is 11.5. The van der Waals surface area contributed by atoms with Gasteiger partial charge in [-0.05, 0) is 75.1 Å². The van der Waals surface area contributed by atoms with Crippen LogP contribution in [-0.4, -0.2) is 26.0 Å². The van der Waals surface area contributed by atoms with Gasteiger partial charge in [-0.25, -0.2) is 4.79 Å². The Bertz CT molecular complexity index is 2120. The fraction of sp³-hybridized carbons (Fsp3) is 0.133. The standard InChI is InChI=1S/C45H42N2O5Si/c1-45(2,3)53(40-10-6-4-7-11-40,41-12-8-5-9-13-41)52-31-33-16-20-35(21-17-33)43(49)37-24-28-39(29-25-37)47-44(50)51-30-32-14-18-34(19-15-32)42(48)36-22-26-38(46)27-23-36/h4-29H,30-31,46H2,1-3H3,(H,47,50). The number of benzene rings is 6. The van der Waals surface area contributed by atoms with Gasteiger partial charge in [0.1, 0.15) is 6.61 Å². The number of nitrogens with one attached hydrogen (secondary N) is 1. The second kappa shape index (κ2) is 16.1. The van der Waals surface area contributed by atoms with Gasteiger partial charge in [0.2, 0.25) is 0 Å². The number of carbonyl (C=O) groups is 3. The van der Waals surface area contributed by atoms with Crippen molar-refractivity contribution in [3.05, 3.63) is 191 Å². The van der Waals surface area contributed by atoms with Crippen LogP contribution >= 0.6 is 0 Å². The van der Waals surface area contributed by atoms with E-state index in [0.717, 1.165) is 11.1 Å². The maximum Gasteiger partial charge on any atom is 0.411 e. The monoisotopic (exact) mass is 718 g/mol. The van der Waals surface area contributed by atoms with Crippen molar-refractivity contribution >= 4 is 47.7 Å². The topological polar surface area (TPSA) is 108 Å². The Morgan fingerprint density at radius 2 is 0.943 bits per heavy atom. The zero-order valence-electron chi connectivity index (χ0n) is 30.0. The van der Waals surface area contributed by atoms with Crippen LogP contribution < -0.4 is 21.4 Å². The lowest BCUT2D eigenvalue weighted by molar-refractivity contribution is 0.103. The third-order valence-corrected chi connectivity index (χ3v) is 14.2. The van der Waals surface area contributed by atoms with E-state index in [1.807, 2.05) is 36.4 Å². The van der Waals surface area contributed by atoms with Crippen LogP contribution in [0.4, 0.5) is 16.2 Å². The quantitative estimate of drug-likeness (QED) is 0.0746. The molecule has 266 valence electrons. The lowest BCUT2D eigenvalue weighted by atomic mass is 10.0. The molecule has 0 saturated heterocycles. The van der Waals surface area contributed by atoms with Gasteiger partial charge in [0, 0.05) is 33.6 Å². The zero-order valence-corrected chi connectivity index (χ0v) is 31.0. The summed E-state index contributed by atoms with van der Waals surface area (Å²) in [6, 6.07) is 48.9. The average Bonchev–Trinajstić information content (AvgIpc) is 3.18. The van der Waals surface area contributed by atoms with Crippen molar-refractivity contribution in [3.63, 3.8) is 0 Å². The Labute approximate surface area is 311 Å². The summed E-state index contributed by atoms with van der Waals surface area (Å²) < 4.78 is 12.4. The molecule has 0 heterocycles. The van der Waals surface area contributed by atoms with E-state index in [1.54, 1.807) is 72.8 Å². The predicted molar refractivity (Wildman–Crippen MR) is 213 cm³/mol. The van der Waals surface area contributed by atoms with E-state index in [9.17, 15) is 14.4 Å². The molecule has 6 aromatic rings. The molecule has 6 rings (SSSR count). The first-order chi connectivity index (χ1) is 25.5. The Morgan fingerprint density at radius 1 is 0.547 bits per heavy atom. The van der Waals surface area contributed by atoms with E-state index >= 15 is 0 Å². The maximum atomic E-state index is 13.4. The van der Waals surface area contributed by atoms with Gasteiger partial charge in [0.25, 0.3) is 8.32 Å². The summed E-state index contributed by atoms with van der Waals surface area (Å²) in [7, 11) is -2.70. The summed E-state index contributed by atoms with van der Waals surface area (Å²) >= 11 is 0. The number of amides is 1. The first-order valence-electron chi connectivity index (χ1n) is 17.5. The molecule has 0 fully saturated rings. The number of nitrogen functional groups attached to an aromatic ring is 1. The molecule has 0 bridgehead atoms. The van der Waals surface area contributed by atoms with Gasteiger partial charge >= 0.3 is 6.09 Å². The summed E-state index contributed by atoms with van der Waals surface area (Å²) in [4.78, 5) is 38.6. The van der Waals surface area contributed by atoms with Gasteiger partial charge < -0.3 is 14.9 Å². The van der Waals surface area contributed by atoms with Gasteiger partial charge in [-0.15, -0.1) is 0 Å². The Kier molecular flexibility index (Phi) is 11.1. The summed E-state index contributed by atoms with van der Waals surface area (Å²) in [6.45, 7) is 7.19. The van der Waals surface area contributed by atoms with Crippen molar-refractivity contribution in [2.75, 3.05) is 11.1 Å². The van der Waals surface area contributed by atoms with Crippen LogP contribution in [0.25, 0.3) is 0 Å². The number of carbonyl (C=O) groups excluding carboxylic acids is 3. The number of hydrogen-bond donors (Lipinski definition) is 2. The fourth-order valence-electron chi connectivity index (χ4n) is 6.43. The second-order valence-corrected chi connectivity index (χ2v) is 18.2. The van der Waals surface area contributed by atoms with E-state index in [4.69, 9.17) is 14.9 Å². The molecule has 0 radical (unpaired) electrons. The van der Waals surface area contributed by atoms with Gasteiger partial charge in [-0.2, -0.15) is 0 Å². The minimum Gasteiger partial charge on any atom is -0.444 e. The largest absolute Gasteiger partial charge is 0.444 e. The van der Waals surface area contributed by atoms with Gasteiger partial charge in [-0.3, -0.25) is 14.9 Å². The molecule has 0 aliphatic rings. The number of ketones is 2. The molecule has 0 aromatic heterocycles. The Balaban J connectivity index is 1.04. The van der Waals surface area contributed by atoms with Crippen LogP contribution in [0.3, 0.4) is 0 Å². The Morgan fingerprint density at radius 3 is 1.38 bits per heavy atom. The van der Waals surface area contributed by atoms with Crippen LogP contribution in [0.15, 0.2) is 158 Å². The number of anilines is 2. The molecule has 8 heteroatoms. The SMILES string of the molecule is CC(C)(C)[Si](OCc1ccc(C(=O)c2ccc(NC(=O)OCc3ccc(C(=O)c4ccc(N)cc4)cc3)cc2)cc1)(c1ccccc1)c1ccccc1. The molecule has 0 aliphatic carbocycles. The molecule has 3 N–H and O–H groups in total. The molecule has 7 nitrogen and oxygen atoms in total. The van der Waals surface area contributed by atoms with E-state index < -0.39 is 14.4 Å². The molecule has 0 saturated carbocycles. The van der Waals surface area contributed by atoms with Crippen LogP contribution in [0.1, 0.15) is 63.7 Å². The van der Waals surface area contributed by atoms with Crippen LogP contribution in [0.5, 0.6) is 0 Å². The van der Waals surface area contributed by atoms with E-state index in [0.29, 0.717) is 40.2 Å². The average molecular weight is 719 g/mol. The summed E-state index contributed by atoms with van der Waals surface area (Å²) in [6.07, 6.45) is -0.637. The smallest absolute Gasteiger partial charge is 0.411 e. The molecule has 0 aliphatic heterocycles. The second-order valence-electron chi connectivity index (χ2n) is 13.9. The maximum absolute atomic E-state index is 13.4. The van der Waals surface area contributed by atoms with Crippen molar-refractivity contribution in [2.24, 2.45) is 0 Å². The summed E-state index contributed by atoms with van der Waals surface area (Å²) in [5.74, 6) is -0.247. The fourth-order valence-corrected chi connectivity index (χ4v) is 11.0. The summed E-state index contributed by atoms with van der Waals surface area (Å²) in [5, 5.41) is 4.98. The molecule has 0 unspecified atom stereocenters. The lowest BCUT2D eigenvalue weighted by Crippen LogP contribution is -2.66. The highest BCUT2D eigenvalue weighted by atomic mass is 28.4. The molecule has 6 aromatic carbocycles. The molecule has 53 heavy (non-hydrogen) atoms. The first-order valence-corrected chi connectivity index (χ1v) is 19.4. The number of hydrogen-bond acceptors (Lipinski definition) is 6. The van der Waals surface area contributed by atoms with Crippen LogP contribution in [0, 0.1) is 0 Å². The molecule has 0 atom stereocenters. The number of rotatable bonds is 12. The molecule has 0 spiro atoms. The third kappa shape index (κ3) is 8.52. The van der Waals surface area contributed by atoms with E-state index in [2.05, 4.69) is 74.6 Å². The predicted octanol–water partition coefficient (Wildman–Crippen LogP) is 8.56. The third-order valence-electron chi connectivity index (χ3n) is 9.24. The van der Waals surface area contributed by atoms with E-state index in [1.165, 1.54) is 10.4 Å². The van der Waals surface area contributed by atoms with Gasteiger partial charge in [0.15, 0.2) is 11.6 Å². The molecular formula is C45H42N2O5Si. The highest BCUT2D eigenvalue weighted by molar-refractivity contribution is 6.99. The first kappa shape index (κ1) is 36.7. The number of nitrogens with two attached hydrogens (primary N) is 1. The highest BCUT2D eigenvalue weighted by Crippen LogP contribution is 2.37. The highest BCUT2D eigenvalue weighted by Gasteiger charge is 2.50. The molecule has 1 amide bonds. The molecular weight excluding hydrogens is 677 g/mol. The van der Waals surface area contributed by atoms with E-state index in [-0.39, 0.29) is 23.2 Å². The van der Waals surface area contributed by atoms with Crippen molar-refractivity contribution < 1.29 is 23.5 Å². The van der Waals surface area contributed by atoms with Crippen LogP contribution in [-0.2, 0) is 22.4 Å². The zero-order chi connectivity index (χ0) is 37.4.